The first-order chi connectivity index (χ1) is 4.43. The van der Waals surface area contributed by atoms with Crippen molar-refractivity contribution in [2.75, 3.05) is 0 Å². The Bertz CT molecular complexity index is 197. The molecule has 0 bridgehead atoms. The van der Waals surface area contributed by atoms with Crippen molar-refractivity contribution >= 4 is 6.21 Å². The molecular formula is C5H5N3O. The summed E-state index contributed by atoms with van der Waals surface area (Å²) < 4.78 is 0. The Balaban J connectivity index is 2.85. The molecule has 1 N–H and O–H groups in total. The fourth-order valence-electron chi connectivity index (χ4n) is 0.436. The van der Waals surface area contributed by atoms with E-state index in [-0.39, 0.29) is 0 Å². The van der Waals surface area contributed by atoms with Gasteiger partial charge < -0.3 is 5.21 Å². The van der Waals surface area contributed by atoms with Crippen molar-refractivity contribution in [1.29, 1.82) is 0 Å². The normalized spacial score (nSPS) is 10.2. The standard InChI is InChI=1S/C5H5N3O/c9-8-3-5-1-2-6-4-7-5/h1-4,9H/b8-3+. The van der Waals surface area contributed by atoms with E-state index in [0.29, 0.717) is 5.69 Å². The molecule has 0 radical (unpaired) electrons. The molecule has 46 valence electrons. The van der Waals surface area contributed by atoms with Gasteiger partial charge in [-0.1, -0.05) is 5.16 Å². The van der Waals surface area contributed by atoms with Gasteiger partial charge in [-0.25, -0.2) is 9.97 Å². The average molecular weight is 123 g/mol. The molecule has 0 fully saturated rings. The van der Waals surface area contributed by atoms with Crippen LogP contribution < -0.4 is 0 Å². The van der Waals surface area contributed by atoms with Crippen LogP contribution in [0.2, 0.25) is 0 Å². The SMILES string of the molecule is O/N=C/c1ccncn1. The van der Waals surface area contributed by atoms with Crippen molar-refractivity contribution < 1.29 is 5.21 Å². The highest BCUT2D eigenvalue weighted by atomic mass is 16.4. The predicted molar refractivity (Wildman–Crippen MR) is 31.4 cm³/mol. The van der Waals surface area contributed by atoms with Crippen molar-refractivity contribution in [2.45, 2.75) is 0 Å². The van der Waals surface area contributed by atoms with Gasteiger partial charge in [0, 0.05) is 6.20 Å². The summed E-state index contributed by atoms with van der Waals surface area (Å²) in [5.41, 5.74) is 0.590. The zero-order valence-electron chi connectivity index (χ0n) is 4.60. The van der Waals surface area contributed by atoms with Gasteiger partial charge in [-0.3, -0.25) is 0 Å². The third-order valence-electron chi connectivity index (χ3n) is 0.795. The van der Waals surface area contributed by atoms with Gasteiger partial charge in [-0.05, 0) is 6.07 Å². The van der Waals surface area contributed by atoms with Crippen LogP contribution in [0, 0.1) is 0 Å². The van der Waals surface area contributed by atoms with E-state index in [1.807, 2.05) is 0 Å². The lowest BCUT2D eigenvalue weighted by atomic mass is 10.4. The highest BCUT2D eigenvalue weighted by Gasteiger charge is 1.82. The van der Waals surface area contributed by atoms with Crippen molar-refractivity contribution in [3.8, 4) is 0 Å². The number of oxime groups is 1. The Morgan fingerprint density at radius 2 is 2.56 bits per heavy atom. The minimum atomic E-state index is 0.590. The lowest BCUT2D eigenvalue weighted by molar-refractivity contribution is 0.321. The number of nitrogens with zero attached hydrogens (tertiary/aromatic N) is 3. The highest BCUT2D eigenvalue weighted by molar-refractivity contribution is 5.75. The van der Waals surface area contributed by atoms with Crippen LogP contribution in [0.1, 0.15) is 5.69 Å². The second-order valence-electron chi connectivity index (χ2n) is 1.38. The molecule has 0 aliphatic heterocycles. The lowest BCUT2D eigenvalue weighted by Crippen LogP contribution is -1.85. The molecule has 0 aromatic carbocycles. The van der Waals surface area contributed by atoms with E-state index in [2.05, 4.69) is 15.1 Å². The van der Waals surface area contributed by atoms with E-state index >= 15 is 0 Å². The Kier molecular flexibility index (Phi) is 1.74. The minimum Gasteiger partial charge on any atom is -0.411 e. The van der Waals surface area contributed by atoms with Crippen LogP contribution in [0.5, 0.6) is 0 Å². The Morgan fingerprint density at radius 1 is 1.67 bits per heavy atom. The summed E-state index contributed by atoms with van der Waals surface area (Å²) in [6.45, 7) is 0. The van der Waals surface area contributed by atoms with Crippen LogP contribution in [0.4, 0.5) is 0 Å². The fraction of sp³-hybridized carbons (Fsp3) is 0. The third kappa shape index (κ3) is 1.49. The summed E-state index contributed by atoms with van der Waals surface area (Å²) in [6.07, 6.45) is 4.20. The van der Waals surface area contributed by atoms with Crippen molar-refractivity contribution in [2.24, 2.45) is 5.16 Å². The van der Waals surface area contributed by atoms with E-state index in [9.17, 15) is 0 Å². The summed E-state index contributed by atoms with van der Waals surface area (Å²) in [4.78, 5) is 7.42. The van der Waals surface area contributed by atoms with E-state index in [1.54, 1.807) is 12.3 Å². The second-order valence-corrected chi connectivity index (χ2v) is 1.38. The molecule has 9 heavy (non-hydrogen) atoms. The Hall–Kier alpha value is -1.45. The molecule has 0 spiro atoms. The van der Waals surface area contributed by atoms with Crippen LogP contribution in [-0.2, 0) is 0 Å². The smallest absolute Gasteiger partial charge is 0.116 e. The zero-order valence-corrected chi connectivity index (χ0v) is 4.60. The van der Waals surface area contributed by atoms with Gasteiger partial charge in [0.25, 0.3) is 0 Å². The topological polar surface area (TPSA) is 58.4 Å². The molecule has 1 heterocycles. The first-order valence-electron chi connectivity index (χ1n) is 2.37. The van der Waals surface area contributed by atoms with Gasteiger partial charge in [-0.15, -0.1) is 0 Å². The van der Waals surface area contributed by atoms with Gasteiger partial charge in [0.2, 0.25) is 0 Å². The maximum Gasteiger partial charge on any atom is 0.116 e. The molecule has 4 heteroatoms. The van der Waals surface area contributed by atoms with Gasteiger partial charge in [0.05, 0.1) is 11.9 Å². The molecule has 0 aliphatic carbocycles. The molecule has 0 saturated heterocycles. The molecule has 1 aromatic rings. The van der Waals surface area contributed by atoms with Crippen LogP contribution in [0.15, 0.2) is 23.7 Å². The Labute approximate surface area is 51.9 Å². The van der Waals surface area contributed by atoms with Crippen molar-refractivity contribution in [1.82, 2.24) is 9.97 Å². The van der Waals surface area contributed by atoms with Crippen molar-refractivity contribution in [3.63, 3.8) is 0 Å². The summed E-state index contributed by atoms with van der Waals surface area (Å²) >= 11 is 0. The predicted octanol–water partition coefficient (Wildman–Crippen LogP) is 0.285. The molecule has 1 aromatic heterocycles. The van der Waals surface area contributed by atoms with Crippen LogP contribution in [0.25, 0.3) is 0 Å². The molecule has 0 amide bonds. The van der Waals surface area contributed by atoms with E-state index < -0.39 is 0 Å². The Morgan fingerprint density at radius 3 is 3.11 bits per heavy atom. The fourth-order valence-corrected chi connectivity index (χ4v) is 0.436. The number of aromatic nitrogens is 2. The second kappa shape index (κ2) is 2.76. The molecular weight excluding hydrogens is 118 g/mol. The number of hydrogen-bond acceptors (Lipinski definition) is 4. The third-order valence-corrected chi connectivity index (χ3v) is 0.795. The lowest BCUT2D eigenvalue weighted by Gasteiger charge is -1.84. The largest absolute Gasteiger partial charge is 0.411 e. The molecule has 0 aliphatic rings. The quantitative estimate of drug-likeness (QED) is 0.331. The van der Waals surface area contributed by atoms with E-state index in [4.69, 9.17) is 5.21 Å². The van der Waals surface area contributed by atoms with Crippen LogP contribution in [-0.4, -0.2) is 21.4 Å². The van der Waals surface area contributed by atoms with Crippen molar-refractivity contribution in [3.05, 3.63) is 24.3 Å². The summed E-state index contributed by atoms with van der Waals surface area (Å²) in [5.74, 6) is 0. The summed E-state index contributed by atoms with van der Waals surface area (Å²) in [7, 11) is 0. The van der Waals surface area contributed by atoms with Crippen LogP contribution >= 0.6 is 0 Å². The molecule has 0 saturated carbocycles. The number of rotatable bonds is 1. The molecule has 4 nitrogen and oxygen atoms in total. The summed E-state index contributed by atoms with van der Waals surface area (Å²) in [6, 6.07) is 1.64. The first-order valence-corrected chi connectivity index (χ1v) is 2.37. The highest BCUT2D eigenvalue weighted by Crippen LogP contribution is 1.83. The van der Waals surface area contributed by atoms with Gasteiger partial charge in [0.1, 0.15) is 6.33 Å². The monoisotopic (exact) mass is 123 g/mol. The maximum absolute atomic E-state index is 8.03. The maximum atomic E-state index is 8.03. The van der Waals surface area contributed by atoms with E-state index in [1.165, 1.54) is 12.5 Å². The zero-order chi connectivity index (χ0) is 6.53. The first kappa shape index (κ1) is 5.68. The molecule has 1 rings (SSSR count). The van der Waals surface area contributed by atoms with Crippen LogP contribution in [0.3, 0.4) is 0 Å². The minimum absolute atomic E-state index is 0.590. The molecule has 0 atom stereocenters. The number of hydrogen-bond donors (Lipinski definition) is 1. The molecule has 0 unspecified atom stereocenters. The van der Waals surface area contributed by atoms with Gasteiger partial charge in [-0.2, -0.15) is 0 Å². The van der Waals surface area contributed by atoms with Gasteiger partial charge in [0.15, 0.2) is 0 Å². The van der Waals surface area contributed by atoms with E-state index in [0.717, 1.165) is 0 Å². The summed E-state index contributed by atoms with van der Waals surface area (Å²) in [5, 5.41) is 10.8. The van der Waals surface area contributed by atoms with Gasteiger partial charge >= 0.3 is 0 Å². The average Bonchev–Trinajstić information content (AvgIpc) is 1.91.